The lowest BCUT2D eigenvalue weighted by Crippen LogP contribution is -2.10. The van der Waals surface area contributed by atoms with E-state index < -0.39 is 0 Å². The quantitative estimate of drug-likeness (QED) is 0.182. The minimum Gasteiger partial charge on any atom is -0.456 e. The summed E-state index contributed by atoms with van der Waals surface area (Å²) in [5.41, 5.74) is 11.2. The third kappa shape index (κ3) is 4.75. The maximum Gasteiger partial charge on any atom is 0.159 e. The molecule has 0 atom stereocenters. The van der Waals surface area contributed by atoms with E-state index in [1.165, 1.54) is 38.2 Å². The van der Waals surface area contributed by atoms with Crippen LogP contribution in [0.25, 0.3) is 87.7 Å². The third-order valence-corrected chi connectivity index (χ3v) is 10.6. The first-order chi connectivity index (χ1) is 26.3. The third-order valence-electron chi connectivity index (χ3n) is 10.6. The van der Waals surface area contributed by atoms with E-state index in [1.807, 2.05) is 12.1 Å². The molecular weight excluding hydrogens is 647 g/mol. The van der Waals surface area contributed by atoms with Crippen LogP contribution in [0.3, 0.4) is 0 Å². The van der Waals surface area contributed by atoms with Gasteiger partial charge in [-0.3, -0.25) is 0 Å². The maximum atomic E-state index is 6.65. The molecule has 53 heavy (non-hydrogen) atoms. The fourth-order valence-corrected chi connectivity index (χ4v) is 8.14. The second-order valence-electron chi connectivity index (χ2n) is 13.7. The summed E-state index contributed by atoms with van der Waals surface area (Å²) in [4.78, 5) is 2.32. The fourth-order valence-electron chi connectivity index (χ4n) is 8.14. The Labute approximate surface area is 305 Å². The number of hydrogen-bond donors (Lipinski definition) is 0. The van der Waals surface area contributed by atoms with Crippen LogP contribution in [-0.2, 0) is 0 Å². The molecule has 0 N–H and O–H groups in total. The molecule has 0 fully saturated rings. The van der Waals surface area contributed by atoms with Gasteiger partial charge in [0.05, 0.1) is 5.69 Å². The van der Waals surface area contributed by atoms with Crippen molar-refractivity contribution >= 4 is 82.5 Å². The maximum absolute atomic E-state index is 6.65. The van der Waals surface area contributed by atoms with E-state index in [2.05, 4.69) is 181 Å². The van der Waals surface area contributed by atoms with Crippen molar-refractivity contribution < 1.29 is 8.83 Å². The molecule has 248 valence electrons. The van der Waals surface area contributed by atoms with Gasteiger partial charge in [0.15, 0.2) is 5.58 Å². The summed E-state index contributed by atoms with van der Waals surface area (Å²) in [7, 11) is 0. The fraction of sp³-hybridized carbons (Fsp3) is 0. The molecule has 3 nitrogen and oxygen atoms in total. The van der Waals surface area contributed by atoms with E-state index in [0.717, 1.165) is 66.5 Å². The molecule has 0 aliphatic rings. The first kappa shape index (κ1) is 29.6. The Bertz CT molecular complexity index is 3170. The van der Waals surface area contributed by atoms with Crippen LogP contribution in [0.5, 0.6) is 0 Å². The summed E-state index contributed by atoms with van der Waals surface area (Å²) in [6, 6.07) is 66.7. The van der Waals surface area contributed by atoms with Crippen LogP contribution in [0.1, 0.15) is 0 Å². The molecule has 11 aromatic rings. The van der Waals surface area contributed by atoms with Gasteiger partial charge in [0, 0.05) is 38.3 Å². The highest BCUT2D eigenvalue weighted by Gasteiger charge is 2.22. The van der Waals surface area contributed by atoms with Crippen LogP contribution in [0.2, 0.25) is 0 Å². The van der Waals surface area contributed by atoms with E-state index in [0.29, 0.717) is 0 Å². The first-order valence-corrected chi connectivity index (χ1v) is 18.0. The van der Waals surface area contributed by atoms with Crippen molar-refractivity contribution in [1.82, 2.24) is 0 Å². The van der Waals surface area contributed by atoms with E-state index in [4.69, 9.17) is 8.83 Å². The van der Waals surface area contributed by atoms with Crippen molar-refractivity contribution in [3.8, 4) is 22.3 Å². The number of anilines is 3. The minimum absolute atomic E-state index is 0.848. The zero-order chi connectivity index (χ0) is 34.9. The van der Waals surface area contributed by atoms with Crippen molar-refractivity contribution in [3.63, 3.8) is 0 Å². The topological polar surface area (TPSA) is 29.5 Å². The van der Waals surface area contributed by atoms with Crippen molar-refractivity contribution in [2.45, 2.75) is 0 Å². The lowest BCUT2D eigenvalue weighted by atomic mass is 9.94. The zero-order valence-corrected chi connectivity index (χ0v) is 28.7. The lowest BCUT2D eigenvalue weighted by molar-refractivity contribution is 0.669. The lowest BCUT2D eigenvalue weighted by Gasteiger charge is -2.26. The Hall–Kier alpha value is -7.10. The number of para-hydroxylation sites is 2. The van der Waals surface area contributed by atoms with Crippen molar-refractivity contribution in [2.24, 2.45) is 0 Å². The normalized spacial score (nSPS) is 11.8. The molecule has 0 saturated heterocycles. The predicted octanol–water partition coefficient (Wildman–Crippen LogP) is 14.6. The predicted molar refractivity (Wildman–Crippen MR) is 222 cm³/mol. The van der Waals surface area contributed by atoms with E-state index in [-0.39, 0.29) is 0 Å². The van der Waals surface area contributed by atoms with Gasteiger partial charge in [-0.15, -0.1) is 0 Å². The second-order valence-corrected chi connectivity index (χ2v) is 13.7. The standard InChI is InChI=1S/C50H31NO2/c1-2-11-34(12-3-1)40-16-8-14-35-24-28-47-49(48(35)40)43-31-39(27-29-46(43)52-47)51(44-18-9-17-42-41-15-6-7-19-45(41)53-50(42)44)38-25-22-33(23-26-38)37-21-20-32-10-4-5-13-36(32)30-37/h1-31H. The Morgan fingerprint density at radius 2 is 1.02 bits per heavy atom. The van der Waals surface area contributed by atoms with E-state index >= 15 is 0 Å². The van der Waals surface area contributed by atoms with Crippen molar-refractivity contribution in [2.75, 3.05) is 4.90 Å². The number of furan rings is 2. The van der Waals surface area contributed by atoms with Crippen LogP contribution >= 0.6 is 0 Å². The van der Waals surface area contributed by atoms with Gasteiger partial charge < -0.3 is 13.7 Å². The van der Waals surface area contributed by atoms with Gasteiger partial charge in [-0.05, 0) is 93.0 Å². The van der Waals surface area contributed by atoms with Gasteiger partial charge >= 0.3 is 0 Å². The van der Waals surface area contributed by atoms with Crippen LogP contribution in [-0.4, -0.2) is 0 Å². The summed E-state index contributed by atoms with van der Waals surface area (Å²) in [5.74, 6) is 0. The second kappa shape index (κ2) is 11.7. The molecular formula is C50H31NO2. The van der Waals surface area contributed by atoms with Crippen molar-refractivity contribution in [3.05, 3.63) is 188 Å². The number of fused-ring (bicyclic) bond motifs is 9. The highest BCUT2D eigenvalue weighted by Crippen LogP contribution is 2.46. The molecule has 2 aromatic heterocycles. The molecule has 0 amide bonds. The van der Waals surface area contributed by atoms with Crippen LogP contribution in [0, 0.1) is 0 Å². The Morgan fingerprint density at radius 1 is 0.340 bits per heavy atom. The zero-order valence-electron chi connectivity index (χ0n) is 28.7. The van der Waals surface area contributed by atoms with Gasteiger partial charge in [0.25, 0.3) is 0 Å². The average Bonchev–Trinajstić information content (AvgIpc) is 3.80. The number of hydrogen-bond acceptors (Lipinski definition) is 3. The molecule has 0 spiro atoms. The molecule has 0 saturated carbocycles. The smallest absolute Gasteiger partial charge is 0.159 e. The summed E-state index contributed by atoms with van der Waals surface area (Å²) in [6.07, 6.45) is 0. The van der Waals surface area contributed by atoms with Gasteiger partial charge in [-0.2, -0.15) is 0 Å². The SMILES string of the molecule is c1ccc(-c2cccc3ccc4oc5ccc(N(c6ccc(-c7ccc8ccccc8c7)cc6)c6cccc7c6oc6ccccc67)cc5c4c23)cc1. The molecule has 0 unspecified atom stereocenters. The molecule has 9 aromatic carbocycles. The Morgan fingerprint density at radius 3 is 1.92 bits per heavy atom. The number of benzene rings is 9. The molecule has 3 heteroatoms. The monoisotopic (exact) mass is 677 g/mol. The molecule has 0 bridgehead atoms. The van der Waals surface area contributed by atoms with Gasteiger partial charge in [0.1, 0.15) is 16.7 Å². The largest absolute Gasteiger partial charge is 0.456 e. The number of rotatable bonds is 5. The summed E-state index contributed by atoms with van der Waals surface area (Å²) in [6.45, 7) is 0. The minimum atomic E-state index is 0.848. The average molecular weight is 678 g/mol. The van der Waals surface area contributed by atoms with Gasteiger partial charge in [0.2, 0.25) is 0 Å². The van der Waals surface area contributed by atoms with Gasteiger partial charge in [-0.1, -0.05) is 133 Å². The van der Waals surface area contributed by atoms with Crippen LogP contribution in [0.15, 0.2) is 197 Å². The van der Waals surface area contributed by atoms with Crippen LogP contribution < -0.4 is 4.90 Å². The Balaban J connectivity index is 1.14. The van der Waals surface area contributed by atoms with E-state index in [1.54, 1.807) is 0 Å². The van der Waals surface area contributed by atoms with Crippen molar-refractivity contribution in [1.29, 1.82) is 0 Å². The highest BCUT2D eigenvalue weighted by molar-refractivity contribution is 6.23. The van der Waals surface area contributed by atoms with Gasteiger partial charge in [-0.25, -0.2) is 0 Å². The van der Waals surface area contributed by atoms with E-state index in [9.17, 15) is 0 Å². The molecule has 2 heterocycles. The molecule has 0 radical (unpaired) electrons. The Kier molecular flexibility index (Phi) is 6.55. The summed E-state index contributed by atoms with van der Waals surface area (Å²) >= 11 is 0. The first-order valence-electron chi connectivity index (χ1n) is 18.0. The highest BCUT2D eigenvalue weighted by atomic mass is 16.3. The molecule has 11 rings (SSSR count). The summed E-state index contributed by atoms with van der Waals surface area (Å²) < 4.78 is 13.2. The molecule has 0 aliphatic heterocycles. The van der Waals surface area contributed by atoms with Crippen LogP contribution in [0.4, 0.5) is 17.1 Å². The summed E-state index contributed by atoms with van der Waals surface area (Å²) in [5, 5.41) is 9.22. The number of nitrogens with zero attached hydrogens (tertiary/aromatic N) is 1. The molecule has 0 aliphatic carbocycles.